The third kappa shape index (κ3) is 3.01. The van der Waals surface area contributed by atoms with Crippen molar-refractivity contribution in [2.45, 2.75) is 6.04 Å². The zero-order chi connectivity index (χ0) is 13.8. The van der Waals surface area contributed by atoms with E-state index in [0.717, 1.165) is 16.9 Å². The monoisotopic (exact) mass is 296 g/mol. The molecule has 0 aliphatic carbocycles. The van der Waals surface area contributed by atoms with E-state index in [9.17, 15) is 0 Å². The molecule has 2 rings (SSSR count). The maximum Gasteiger partial charge on any atom is 0.124 e. The predicted molar refractivity (Wildman–Crippen MR) is 78.6 cm³/mol. The average Bonchev–Trinajstić information content (AvgIpc) is 2.42. The number of para-hydroxylation sites is 1. The Bertz CT molecular complexity index is 575. The number of nitrogens with two attached hydrogens (primary N) is 1. The van der Waals surface area contributed by atoms with Crippen LogP contribution in [0, 0.1) is 0 Å². The summed E-state index contributed by atoms with van der Waals surface area (Å²) in [6.45, 7) is 0. The number of nitrogens with one attached hydrogen (secondary N) is 1. The van der Waals surface area contributed by atoms with Crippen molar-refractivity contribution in [3.8, 4) is 5.75 Å². The summed E-state index contributed by atoms with van der Waals surface area (Å²) >= 11 is 12.1. The first-order chi connectivity index (χ1) is 9.17. The molecule has 0 bridgehead atoms. The second kappa shape index (κ2) is 6.26. The summed E-state index contributed by atoms with van der Waals surface area (Å²) in [6.07, 6.45) is 0. The van der Waals surface area contributed by atoms with Crippen molar-refractivity contribution in [3.05, 3.63) is 63.6 Å². The SMILES string of the molecule is COc1ccccc1C(NN)c1ccc(Cl)cc1Cl. The minimum Gasteiger partial charge on any atom is -0.496 e. The van der Waals surface area contributed by atoms with Gasteiger partial charge in [-0.3, -0.25) is 5.84 Å². The average molecular weight is 297 g/mol. The summed E-state index contributed by atoms with van der Waals surface area (Å²) in [5, 5.41) is 1.14. The molecule has 0 spiro atoms. The zero-order valence-corrected chi connectivity index (χ0v) is 11.9. The Labute approximate surface area is 122 Å². The van der Waals surface area contributed by atoms with Gasteiger partial charge < -0.3 is 4.74 Å². The number of hydrazine groups is 1. The summed E-state index contributed by atoms with van der Waals surface area (Å²) < 4.78 is 5.35. The third-order valence-corrected chi connectivity index (χ3v) is 3.45. The number of methoxy groups -OCH3 is 1. The topological polar surface area (TPSA) is 47.3 Å². The van der Waals surface area contributed by atoms with Gasteiger partial charge in [0.15, 0.2) is 0 Å². The molecule has 0 radical (unpaired) electrons. The fourth-order valence-electron chi connectivity index (χ4n) is 1.99. The van der Waals surface area contributed by atoms with Crippen LogP contribution in [0.1, 0.15) is 17.2 Å². The van der Waals surface area contributed by atoms with Gasteiger partial charge in [0.05, 0.1) is 13.2 Å². The molecule has 0 saturated carbocycles. The molecule has 1 unspecified atom stereocenters. The number of hydrogen-bond donors (Lipinski definition) is 2. The van der Waals surface area contributed by atoms with E-state index in [4.69, 9.17) is 33.8 Å². The van der Waals surface area contributed by atoms with Crippen LogP contribution in [0.3, 0.4) is 0 Å². The number of benzene rings is 2. The van der Waals surface area contributed by atoms with E-state index >= 15 is 0 Å². The van der Waals surface area contributed by atoms with Crippen LogP contribution in [0.5, 0.6) is 5.75 Å². The van der Waals surface area contributed by atoms with Crippen LogP contribution in [0.2, 0.25) is 10.0 Å². The number of hydrogen-bond acceptors (Lipinski definition) is 3. The van der Waals surface area contributed by atoms with E-state index in [2.05, 4.69) is 5.43 Å². The molecule has 5 heteroatoms. The Morgan fingerprint density at radius 3 is 2.47 bits per heavy atom. The molecule has 2 aromatic carbocycles. The summed E-state index contributed by atoms with van der Waals surface area (Å²) in [7, 11) is 1.62. The normalized spacial score (nSPS) is 12.2. The quantitative estimate of drug-likeness (QED) is 0.670. The standard InChI is InChI=1S/C14H14Cl2N2O/c1-19-13-5-3-2-4-11(13)14(18-17)10-7-6-9(15)8-12(10)16/h2-8,14,18H,17H2,1H3. The van der Waals surface area contributed by atoms with Crippen LogP contribution in [0.4, 0.5) is 0 Å². The predicted octanol–water partition coefficient (Wildman–Crippen LogP) is 3.55. The molecule has 2 aromatic rings. The highest BCUT2D eigenvalue weighted by Gasteiger charge is 2.19. The first-order valence-electron chi connectivity index (χ1n) is 5.71. The summed E-state index contributed by atoms with van der Waals surface area (Å²) in [4.78, 5) is 0. The number of rotatable bonds is 4. The Kier molecular flexibility index (Phi) is 4.66. The Morgan fingerprint density at radius 2 is 1.84 bits per heavy atom. The van der Waals surface area contributed by atoms with Crippen molar-refractivity contribution in [1.29, 1.82) is 0 Å². The fourth-order valence-corrected chi connectivity index (χ4v) is 2.51. The molecule has 0 saturated heterocycles. The molecule has 19 heavy (non-hydrogen) atoms. The van der Waals surface area contributed by atoms with Gasteiger partial charge in [0.1, 0.15) is 5.75 Å². The van der Waals surface area contributed by atoms with E-state index in [1.54, 1.807) is 19.2 Å². The van der Waals surface area contributed by atoms with Gasteiger partial charge in [-0.05, 0) is 23.8 Å². The minimum atomic E-state index is -0.263. The third-order valence-electron chi connectivity index (χ3n) is 2.89. The Balaban J connectivity index is 2.50. The summed E-state index contributed by atoms with van der Waals surface area (Å²) in [5.41, 5.74) is 4.52. The second-order valence-electron chi connectivity index (χ2n) is 4.01. The molecular formula is C14H14Cl2N2O. The van der Waals surface area contributed by atoms with E-state index in [-0.39, 0.29) is 6.04 Å². The Morgan fingerprint density at radius 1 is 1.11 bits per heavy atom. The summed E-state index contributed by atoms with van der Waals surface area (Å²) in [5.74, 6) is 6.42. The highest BCUT2D eigenvalue weighted by Crippen LogP contribution is 2.34. The van der Waals surface area contributed by atoms with Gasteiger partial charge in [-0.1, -0.05) is 47.5 Å². The Hall–Kier alpha value is -1.26. The van der Waals surface area contributed by atoms with E-state index in [1.807, 2.05) is 30.3 Å². The minimum absolute atomic E-state index is 0.263. The lowest BCUT2D eigenvalue weighted by Crippen LogP contribution is -2.29. The number of halogens is 2. The molecule has 0 amide bonds. The van der Waals surface area contributed by atoms with Crippen LogP contribution in [-0.2, 0) is 0 Å². The molecule has 0 aliphatic rings. The van der Waals surface area contributed by atoms with Crippen LogP contribution >= 0.6 is 23.2 Å². The van der Waals surface area contributed by atoms with Crippen LogP contribution in [-0.4, -0.2) is 7.11 Å². The molecule has 0 aliphatic heterocycles. The van der Waals surface area contributed by atoms with Gasteiger partial charge in [0.2, 0.25) is 0 Å². The largest absolute Gasteiger partial charge is 0.496 e. The first kappa shape index (κ1) is 14.2. The lowest BCUT2D eigenvalue weighted by molar-refractivity contribution is 0.404. The van der Waals surface area contributed by atoms with Gasteiger partial charge >= 0.3 is 0 Å². The van der Waals surface area contributed by atoms with Gasteiger partial charge in [0, 0.05) is 15.6 Å². The lowest BCUT2D eigenvalue weighted by atomic mass is 9.98. The van der Waals surface area contributed by atoms with E-state index in [1.165, 1.54) is 0 Å². The molecule has 3 nitrogen and oxygen atoms in total. The van der Waals surface area contributed by atoms with Gasteiger partial charge in [-0.15, -0.1) is 0 Å². The van der Waals surface area contributed by atoms with Crippen molar-refractivity contribution in [2.24, 2.45) is 5.84 Å². The number of ether oxygens (including phenoxy) is 1. The molecule has 0 heterocycles. The van der Waals surface area contributed by atoms with Crippen molar-refractivity contribution in [3.63, 3.8) is 0 Å². The van der Waals surface area contributed by atoms with Gasteiger partial charge in [-0.25, -0.2) is 5.43 Å². The van der Waals surface area contributed by atoms with Crippen molar-refractivity contribution >= 4 is 23.2 Å². The highest BCUT2D eigenvalue weighted by molar-refractivity contribution is 6.35. The maximum absolute atomic E-state index is 6.23. The first-order valence-corrected chi connectivity index (χ1v) is 6.47. The molecule has 0 fully saturated rings. The lowest BCUT2D eigenvalue weighted by Gasteiger charge is -2.20. The van der Waals surface area contributed by atoms with Crippen molar-refractivity contribution in [1.82, 2.24) is 5.43 Å². The van der Waals surface area contributed by atoms with Crippen molar-refractivity contribution in [2.75, 3.05) is 7.11 Å². The van der Waals surface area contributed by atoms with E-state index < -0.39 is 0 Å². The maximum atomic E-state index is 6.23. The smallest absolute Gasteiger partial charge is 0.124 e. The summed E-state index contributed by atoms with van der Waals surface area (Å²) in [6, 6.07) is 12.7. The van der Waals surface area contributed by atoms with E-state index in [0.29, 0.717) is 10.0 Å². The molecule has 3 N–H and O–H groups in total. The molecule has 100 valence electrons. The fraction of sp³-hybridized carbons (Fsp3) is 0.143. The van der Waals surface area contributed by atoms with Crippen LogP contribution in [0.15, 0.2) is 42.5 Å². The highest BCUT2D eigenvalue weighted by atomic mass is 35.5. The molecular weight excluding hydrogens is 283 g/mol. The van der Waals surface area contributed by atoms with Crippen LogP contribution < -0.4 is 16.0 Å². The van der Waals surface area contributed by atoms with Gasteiger partial charge in [-0.2, -0.15) is 0 Å². The molecule has 0 aromatic heterocycles. The van der Waals surface area contributed by atoms with Gasteiger partial charge in [0.25, 0.3) is 0 Å². The van der Waals surface area contributed by atoms with Crippen LogP contribution in [0.25, 0.3) is 0 Å². The van der Waals surface area contributed by atoms with Crippen molar-refractivity contribution < 1.29 is 4.74 Å². The second-order valence-corrected chi connectivity index (χ2v) is 4.85. The zero-order valence-electron chi connectivity index (χ0n) is 10.4. The molecule has 1 atom stereocenters.